The van der Waals surface area contributed by atoms with Crippen LogP contribution >= 0.6 is 11.6 Å². The van der Waals surface area contributed by atoms with E-state index in [0.717, 1.165) is 38.4 Å². The molecule has 1 atom stereocenters. The van der Waals surface area contributed by atoms with Crippen LogP contribution in [0.15, 0.2) is 23.2 Å². The topological polar surface area (TPSA) is 70.7 Å². The summed E-state index contributed by atoms with van der Waals surface area (Å²) in [6, 6.07) is 4.70. The van der Waals surface area contributed by atoms with Gasteiger partial charge in [0.05, 0.1) is 0 Å². The number of benzene rings is 1. The van der Waals surface area contributed by atoms with Gasteiger partial charge in [0.15, 0.2) is 5.96 Å². The Balaban J connectivity index is 2.01. The molecular weight excluding hydrogens is 343 g/mol. The minimum atomic E-state index is -0.299. The van der Waals surface area contributed by atoms with Crippen molar-refractivity contribution < 1.29 is 9.18 Å². The molecule has 138 valence electrons. The van der Waals surface area contributed by atoms with Gasteiger partial charge < -0.3 is 16.0 Å². The lowest BCUT2D eigenvalue weighted by Crippen LogP contribution is -2.47. The molecule has 1 heterocycles. The van der Waals surface area contributed by atoms with Crippen LogP contribution in [-0.4, -0.2) is 42.9 Å². The number of halogens is 2. The molecule has 0 saturated carbocycles. The fraction of sp³-hybridized carbons (Fsp3) is 0.556. The maximum Gasteiger partial charge on any atom is 0.217 e. The Morgan fingerprint density at radius 1 is 1.52 bits per heavy atom. The Morgan fingerprint density at radius 2 is 2.32 bits per heavy atom. The molecular formula is C18H26ClFN4O. The SMILES string of the molecule is CCNC(=NCCc1c(F)cccc1Cl)N1CCCC(CC(N)=O)C1. The van der Waals surface area contributed by atoms with E-state index in [1.165, 1.54) is 6.07 Å². The second-order valence-electron chi connectivity index (χ2n) is 6.31. The van der Waals surface area contributed by atoms with Crippen molar-refractivity contribution in [2.24, 2.45) is 16.6 Å². The molecule has 1 amide bonds. The number of guanidine groups is 1. The summed E-state index contributed by atoms with van der Waals surface area (Å²) in [5.41, 5.74) is 5.82. The second kappa shape index (κ2) is 9.61. The van der Waals surface area contributed by atoms with Gasteiger partial charge in [-0.1, -0.05) is 17.7 Å². The first-order valence-electron chi connectivity index (χ1n) is 8.75. The molecule has 1 aromatic rings. The standard InChI is InChI=1S/C18H26ClFN4O/c1-2-22-18(24-10-4-5-13(12-24)11-17(21)25)23-9-8-14-15(19)6-3-7-16(14)20/h3,6-7,13H,2,4-5,8-12H2,1H3,(H2,21,25)(H,22,23). The fourth-order valence-corrected chi connectivity index (χ4v) is 3.44. The Hall–Kier alpha value is -1.82. The second-order valence-corrected chi connectivity index (χ2v) is 6.72. The van der Waals surface area contributed by atoms with Crippen molar-refractivity contribution in [3.05, 3.63) is 34.6 Å². The maximum atomic E-state index is 13.8. The highest BCUT2D eigenvalue weighted by Crippen LogP contribution is 2.21. The van der Waals surface area contributed by atoms with Gasteiger partial charge in [-0.25, -0.2) is 4.39 Å². The summed E-state index contributed by atoms with van der Waals surface area (Å²) in [6.07, 6.45) is 2.85. The van der Waals surface area contributed by atoms with Crippen LogP contribution in [0.4, 0.5) is 4.39 Å². The van der Waals surface area contributed by atoms with Crippen LogP contribution in [0.1, 0.15) is 31.7 Å². The number of carbonyl (C=O) groups is 1. The zero-order valence-electron chi connectivity index (χ0n) is 14.6. The molecule has 7 heteroatoms. The quantitative estimate of drug-likeness (QED) is 0.599. The lowest BCUT2D eigenvalue weighted by Gasteiger charge is -2.34. The number of aliphatic imine (C=N–C) groups is 1. The highest BCUT2D eigenvalue weighted by Gasteiger charge is 2.23. The third-order valence-electron chi connectivity index (χ3n) is 4.33. The largest absolute Gasteiger partial charge is 0.370 e. The zero-order chi connectivity index (χ0) is 18.2. The van der Waals surface area contributed by atoms with E-state index in [1.807, 2.05) is 6.92 Å². The van der Waals surface area contributed by atoms with Crippen LogP contribution in [0.2, 0.25) is 5.02 Å². The molecule has 1 aliphatic rings. The smallest absolute Gasteiger partial charge is 0.217 e. The molecule has 0 bridgehead atoms. The third-order valence-corrected chi connectivity index (χ3v) is 4.68. The van der Waals surface area contributed by atoms with E-state index in [2.05, 4.69) is 15.2 Å². The molecule has 0 aliphatic carbocycles. The van der Waals surface area contributed by atoms with E-state index < -0.39 is 0 Å². The molecule has 0 radical (unpaired) electrons. The van der Waals surface area contributed by atoms with Gasteiger partial charge in [-0.3, -0.25) is 9.79 Å². The molecule has 2 rings (SSSR count). The van der Waals surface area contributed by atoms with Crippen LogP contribution in [0.25, 0.3) is 0 Å². The fourth-order valence-electron chi connectivity index (χ4n) is 3.18. The number of nitrogens with two attached hydrogens (primary N) is 1. The summed E-state index contributed by atoms with van der Waals surface area (Å²) < 4.78 is 13.8. The average molecular weight is 369 g/mol. The number of nitrogens with zero attached hydrogens (tertiary/aromatic N) is 2. The van der Waals surface area contributed by atoms with Crippen molar-refractivity contribution >= 4 is 23.5 Å². The molecule has 1 aromatic carbocycles. The van der Waals surface area contributed by atoms with E-state index >= 15 is 0 Å². The van der Waals surface area contributed by atoms with E-state index in [0.29, 0.717) is 30.0 Å². The molecule has 1 aliphatic heterocycles. The van der Waals surface area contributed by atoms with Crippen molar-refractivity contribution in [1.82, 2.24) is 10.2 Å². The first-order valence-corrected chi connectivity index (χ1v) is 9.13. The Kier molecular flexibility index (Phi) is 7.50. The molecule has 3 N–H and O–H groups in total. The first kappa shape index (κ1) is 19.5. The van der Waals surface area contributed by atoms with Crippen LogP contribution in [0.5, 0.6) is 0 Å². The third kappa shape index (κ3) is 5.88. The molecule has 1 saturated heterocycles. The van der Waals surface area contributed by atoms with Gasteiger partial charge in [0.25, 0.3) is 0 Å². The van der Waals surface area contributed by atoms with Gasteiger partial charge >= 0.3 is 0 Å². The van der Waals surface area contributed by atoms with Crippen molar-refractivity contribution in [2.75, 3.05) is 26.2 Å². The molecule has 0 spiro atoms. The van der Waals surface area contributed by atoms with Gasteiger partial charge in [-0.05, 0) is 44.2 Å². The van der Waals surface area contributed by atoms with E-state index in [-0.39, 0.29) is 17.6 Å². The number of primary amides is 1. The van der Waals surface area contributed by atoms with Crippen LogP contribution in [-0.2, 0) is 11.2 Å². The normalized spacial score (nSPS) is 18.3. The van der Waals surface area contributed by atoms with Gasteiger partial charge in [0.1, 0.15) is 5.82 Å². The van der Waals surface area contributed by atoms with Crippen LogP contribution in [0, 0.1) is 11.7 Å². The van der Waals surface area contributed by atoms with Gasteiger partial charge in [-0.2, -0.15) is 0 Å². The van der Waals surface area contributed by atoms with E-state index in [4.69, 9.17) is 17.3 Å². The lowest BCUT2D eigenvalue weighted by atomic mass is 9.95. The minimum absolute atomic E-state index is 0.260. The Morgan fingerprint density at radius 3 is 3.00 bits per heavy atom. The molecule has 1 fully saturated rings. The number of hydrogen-bond acceptors (Lipinski definition) is 2. The summed E-state index contributed by atoms with van der Waals surface area (Å²) in [6.45, 7) is 4.85. The number of nitrogens with one attached hydrogen (secondary N) is 1. The van der Waals surface area contributed by atoms with Gasteiger partial charge in [-0.15, -0.1) is 0 Å². The minimum Gasteiger partial charge on any atom is -0.370 e. The van der Waals surface area contributed by atoms with Crippen LogP contribution in [0.3, 0.4) is 0 Å². The predicted octanol–water partition coefficient (Wildman–Crippen LogP) is 2.57. The maximum absolute atomic E-state index is 13.8. The van der Waals surface area contributed by atoms with Crippen molar-refractivity contribution in [1.29, 1.82) is 0 Å². The number of likely N-dealkylation sites (tertiary alicyclic amines) is 1. The highest BCUT2D eigenvalue weighted by molar-refractivity contribution is 6.31. The van der Waals surface area contributed by atoms with E-state index in [9.17, 15) is 9.18 Å². The number of rotatable bonds is 6. The van der Waals surface area contributed by atoms with Crippen molar-refractivity contribution in [3.8, 4) is 0 Å². The summed E-state index contributed by atoms with van der Waals surface area (Å²) in [4.78, 5) is 17.9. The van der Waals surface area contributed by atoms with Crippen molar-refractivity contribution in [2.45, 2.75) is 32.6 Å². The lowest BCUT2D eigenvalue weighted by molar-refractivity contribution is -0.119. The Labute approximate surface area is 153 Å². The van der Waals surface area contributed by atoms with E-state index in [1.54, 1.807) is 12.1 Å². The summed E-state index contributed by atoms with van der Waals surface area (Å²) >= 11 is 6.06. The zero-order valence-corrected chi connectivity index (χ0v) is 15.4. The summed E-state index contributed by atoms with van der Waals surface area (Å²) in [5, 5.41) is 3.70. The number of hydrogen-bond donors (Lipinski definition) is 2. The summed E-state index contributed by atoms with van der Waals surface area (Å²) in [5.74, 6) is 0.496. The number of piperidine rings is 1. The number of carbonyl (C=O) groups excluding carboxylic acids is 1. The number of amides is 1. The summed E-state index contributed by atoms with van der Waals surface area (Å²) in [7, 11) is 0. The predicted molar refractivity (Wildman–Crippen MR) is 99.2 cm³/mol. The first-order chi connectivity index (χ1) is 12.0. The molecule has 25 heavy (non-hydrogen) atoms. The monoisotopic (exact) mass is 368 g/mol. The van der Waals surface area contributed by atoms with Gasteiger partial charge in [0.2, 0.25) is 5.91 Å². The van der Waals surface area contributed by atoms with Gasteiger partial charge in [0, 0.05) is 43.2 Å². The molecule has 0 aromatic heterocycles. The highest BCUT2D eigenvalue weighted by atomic mass is 35.5. The molecule has 1 unspecified atom stereocenters. The van der Waals surface area contributed by atoms with Crippen LogP contribution < -0.4 is 11.1 Å². The molecule has 5 nitrogen and oxygen atoms in total. The average Bonchev–Trinajstić information content (AvgIpc) is 2.56. The van der Waals surface area contributed by atoms with Crippen molar-refractivity contribution in [3.63, 3.8) is 0 Å². The Bertz CT molecular complexity index is 603.